The first kappa shape index (κ1) is 18.5. The highest BCUT2D eigenvalue weighted by Crippen LogP contribution is 2.30. The molecule has 0 saturated carbocycles. The fourth-order valence-electron chi connectivity index (χ4n) is 2.96. The van der Waals surface area contributed by atoms with Crippen LogP contribution < -0.4 is 10.6 Å². The Balaban J connectivity index is 1.80. The molecular formula is C20H16F2N6O. The second kappa shape index (κ2) is 7.27. The molecule has 0 unspecified atom stereocenters. The van der Waals surface area contributed by atoms with Crippen LogP contribution in [0.3, 0.4) is 0 Å². The van der Waals surface area contributed by atoms with Crippen molar-refractivity contribution in [1.82, 2.24) is 25.1 Å². The number of fused-ring (bicyclic) bond motifs is 1. The van der Waals surface area contributed by atoms with Crippen molar-refractivity contribution in [2.24, 2.45) is 0 Å². The van der Waals surface area contributed by atoms with Gasteiger partial charge in [0.1, 0.15) is 22.7 Å². The van der Waals surface area contributed by atoms with E-state index in [1.165, 1.54) is 17.9 Å². The number of hydrogen-bond acceptors (Lipinski definition) is 5. The summed E-state index contributed by atoms with van der Waals surface area (Å²) < 4.78 is 29.0. The van der Waals surface area contributed by atoms with Crippen molar-refractivity contribution in [2.45, 2.75) is 6.92 Å². The lowest BCUT2D eigenvalue weighted by atomic mass is 10.1. The normalized spacial score (nSPS) is 10.9. The third-order valence-electron chi connectivity index (χ3n) is 4.44. The molecule has 0 bridgehead atoms. The van der Waals surface area contributed by atoms with E-state index in [0.717, 1.165) is 23.8 Å². The zero-order valence-electron chi connectivity index (χ0n) is 15.6. The number of aryl methyl sites for hydroxylation is 1. The molecule has 0 fully saturated rings. The maximum atomic E-state index is 14.2. The van der Waals surface area contributed by atoms with Gasteiger partial charge < -0.3 is 10.6 Å². The van der Waals surface area contributed by atoms with Crippen molar-refractivity contribution < 1.29 is 13.6 Å². The first-order valence-corrected chi connectivity index (χ1v) is 8.72. The average molecular weight is 394 g/mol. The van der Waals surface area contributed by atoms with E-state index >= 15 is 0 Å². The molecule has 2 N–H and O–H groups in total. The second-order valence-corrected chi connectivity index (χ2v) is 6.34. The Morgan fingerprint density at radius 1 is 1.07 bits per heavy atom. The number of nitrogens with zero attached hydrogens (tertiary/aromatic N) is 4. The van der Waals surface area contributed by atoms with E-state index in [0.29, 0.717) is 22.4 Å². The van der Waals surface area contributed by atoms with Gasteiger partial charge in [-0.3, -0.25) is 9.97 Å². The minimum atomic E-state index is -0.572. The standard InChI is InChI=1S/C20H16F2N6O/c1-11-9-25-17(13-7-12(21)3-4-14(13)22)8-16(11)27-15-5-6-24-18-10-26-28(19(15)18)20(29)23-2/h3-10H,1-2H3,(H,23,29)(H,24,25,27). The predicted octanol–water partition coefficient (Wildman–Crippen LogP) is 4.01. The Morgan fingerprint density at radius 2 is 1.90 bits per heavy atom. The van der Waals surface area contributed by atoms with Crippen molar-refractivity contribution in [3.05, 3.63) is 66.1 Å². The zero-order valence-corrected chi connectivity index (χ0v) is 15.6. The van der Waals surface area contributed by atoms with Crippen molar-refractivity contribution in [2.75, 3.05) is 12.4 Å². The van der Waals surface area contributed by atoms with E-state index in [1.807, 2.05) is 6.92 Å². The maximum absolute atomic E-state index is 14.2. The highest BCUT2D eigenvalue weighted by Gasteiger charge is 2.16. The summed E-state index contributed by atoms with van der Waals surface area (Å²) in [5.41, 5.74) is 3.33. The van der Waals surface area contributed by atoms with Crippen LogP contribution in [0.15, 0.2) is 48.9 Å². The number of carbonyl (C=O) groups is 1. The molecule has 1 amide bonds. The van der Waals surface area contributed by atoms with Gasteiger partial charge in [-0.25, -0.2) is 13.6 Å². The van der Waals surface area contributed by atoms with E-state index in [2.05, 4.69) is 25.7 Å². The molecule has 4 aromatic rings. The number of nitrogens with one attached hydrogen (secondary N) is 2. The van der Waals surface area contributed by atoms with Gasteiger partial charge in [-0.2, -0.15) is 9.78 Å². The van der Waals surface area contributed by atoms with Crippen LogP contribution in [-0.2, 0) is 0 Å². The Labute approximate surface area is 164 Å². The Kier molecular flexibility index (Phi) is 4.63. The third-order valence-corrected chi connectivity index (χ3v) is 4.44. The van der Waals surface area contributed by atoms with E-state index in [4.69, 9.17) is 0 Å². The topological polar surface area (TPSA) is 84.7 Å². The Hall–Kier alpha value is -3.88. The average Bonchev–Trinajstić information content (AvgIpc) is 3.16. The number of carbonyl (C=O) groups excluding carboxylic acids is 1. The quantitative estimate of drug-likeness (QED) is 0.548. The van der Waals surface area contributed by atoms with Crippen LogP contribution >= 0.6 is 0 Å². The lowest BCUT2D eigenvalue weighted by molar-refractivity contribution is 0.242. The van der Waals surface area contributed by atoms with Crippen LogP contribution in [-0.4, -0.2) is 32.8 Å². The molecule has 7 nitrogen and oxygen atoms in total. The minimum Gasteiger partial charge on any atom is -0.353 e. The van der Waals surface area contributed by atoms with E-state index in [-0.39, 0.29) is 11.3 Å². The summed E-state index contributed by atoms with van der Waals surface area (Å²) in [7, 11) is 1.51. The highest BCUT2D eigenvalue weighted by molar-refractivity contribution is 5.96. The molecule has 0 saturated heterocycles. The molecule has 29 heavy (non-hydrogen) atoms. The summed E-state index contributed by atoms with van der Waals surface area (Å²) in [5.74, 6) is -1.12. The van der Waals surface area contributed by atoms with Crippen molar-refractivity contribution in [3.63, 3.8) is 0 Å². The number of rotatable bonds is 3. The number of anilines is 2. The largest absolute Gasteiger partial charge is 0.353 e. The SMILES string of the molecule is CNC(=O)n1ncc2nccc(Nc3cc(-c4cc(F)ccc4F)ncc3C)c21. The van der Waals surface area contributed by atoms with Crippen molar-refractivity contribution >= 4 is 28.4 Å². The summed E-state index contributed by atoms with van der Waals surface area (Å²) in [6.45, 7) is 1.83. The number of hydrogen-bond donors (Lipinski definition) is 2. The molecule has 0 spiro atoms. The Morgan fingerprint density at radius 3 is 2.69 bits per heavy atom. The van der Waals surface area contributed by atoms with E-state index < -0.39 is 17.7 Å². The van der Waals surface area contributed by atoms with Gasteiger partial charge in [-0.1, -0.05) is 0 Å². The number of benzene rings is 1. The van der Waals surface area contributed by atoms with Gasteiger partial charge in [0.25, 0.3) is 0 Å². The van der Waals surface area contributed by atoms with Crippen LogP contribution in [0.5, 0.6) is 0 Å². The summed E-state index contributed by atoms with van der Waals surface area (Å²) in [6.07, 6.45) is 4.64. The fourth-order valence-corrected chi connectivity index (χ4v) is 2.96. The van der Waals surface area contributed by atoms with Crippen LogP contribution in [0.25, 0.3) is 22.3 Å². The van der Waals surface area contributed by atoms with Gasteiger partial charge in [0, 0.05) is 30.7 Å². The molecule has 0 aliphatic heterocycles. The third kappa shape index (κ3) is 3.38. The number of pyridine rings is 2. The van der Waals surface area contributed by atoms with Crippen molar-refractivity contribution in [1.29, 1.82) is 0 Å². The van der Waals surface area contributed by atoms with Crippen molar-refractivity contribution in [3.8, 4) is 11.3 Å². The number of halogens is 2. The smallest absolute Gasteiger partial charge is 0.342 e. The summed E-state index contributed by atoms with van der Waals surface area (Å²) in [6, 6.07) is 6.13. The molecule has 146 valence electrons. The van der Waals surface area contributed by atoms with Crippen LogP contribution in [0.4, 0.5) is 25.0 Å². The van der Waals surface area contributed by atoms with Crippen LogP contribution in [0, 0.1) is 18.6 Å². The van der Waals surface area contributed by atoms with E-state index in [1.54, 1.807) is 24.5 Å². The van der Waals surface area contributed by atoms with Gasteiger partial charge in [-0.05, 0) is 42.8 Å². The molecule has 0 atom stereocenters. The summed E-state index contributed by atoms with van der Waals surface area (Å²) >= 11 is 0. The van der Waals surface area contributed by atoms with Gasteiger partial charge in [0.05, 0.1) is 17.6 Å². The molecule has 3 aromatic heterocycles. The molecule has 0 radical (unpaired) electrons. The molecule has 0 aliphatic carbocycles. The van der Waals surface area contributed by atoms with Gasteiger partial charge in [-0.15, -0.1) is 0 Å². The molecule has 3 heterocycles. The zero-order chi connectivity index (χ0) is 20.5. The van der Waals surface area contributed by atoms with Crippen LogP contribution in [0.1, 0.15) is 5.56 Å². The second-order valence-electron chi connectivity index (χ2n) is 6.34. The number of amides is 1. The van der Waals surface area contributed by atoms with Crippen LogP contribution in [0.2, 0.25) is 0 Å². The molecule has 1 aromatic carbocycles. The maximum Gasteiger partial charge on any atom is 0.342 e. The van der Waals surface area contributed by atoms with Gasteiger partial charge in [0.2, 0.25) is 0 Å². The van der Waals surface area contributed by atoms with Gasteiger partial charge >= 0.3 is 6.03 Å². The monoisotopic (exact) mass is 394 g/mol. The lowest BCUT2D eigenvalue weighted by Crippen LogP contribution is -2.25. The van der Waals surface area contributed by atoms with Gasteiger partial charge in [0.15, 0.2) is 0 Å². The predicted molar refractivity (Wildman–Crippen MR) is 105 cm³/mol. The molecule has 4 rings (SSSR count). The highest BCUT2D eigenvalue weighted by atomic mass is 19.1. The molecular weight excluding hydrogens is 378 g/mol. The first-order chi connectivity index (χ1) is 14.0. The lowest BCUT2D eigenvalue weighted by Gasteiger charge is -2.13. The number of aromatic nitrogens is 4. The Bertz CT molecular complexity index is 1240. The summed E-state index contributed by atoms with van der Waals surface area (Å²) in [4.78, 5) is 20.6. The first-order valence-electron chi connectivity index (χ1n) is 8.72. The molecule has 0 aliphatic rings. The summed E-state index contributed by atoms with van der Waals surface area (Å²) in [5, 5.41) is 9.83. The van der Waals surface area contributed by atoms with E-state index in [9.17, 15) is 13.6 Å². The minimum absolute atomic E-state index is 0.0586. The fraction of sp³-hybridized carbons (Fsp3) is 0.100. The molecule has 9 heteroatoms.